The summed E-state index contributed by atoms with van der Waals surface area (Å²) in [5.74, 6) is 21.2. The molecule has 7 heterocycles. The fourth-order valence-electron chi connectivity index (χ4n) is 8.26. The molecule has 7 aliphatic rings. The summed E-state index contributed by atoms with van der Waals surface area (Å²) in [6, 6.07) is 0. The second-order valence-electron chi connectivity index (χ2n) is 20.4. The average molecular weight is 1450 g/mol. The van der Waals surface area contributed by atoms with Gasteiger partial charge in [-0.25, -0.2) is 0 Å². The molecule has 6 saturated heterocycles. The smallest absolute Gasteiger partial charge is 0.349 e. The molecule has 0 aromatic heterocycles. The van der Waals surface area contributed by atoms with Gasteiger partial charge in [0.1, 0.15) is 0 Å². The molecule has 0 aromatic carbocycles. The minimum Gasteiger partial charge on any atom is -0.374 e. The highest BCUT2D eigenvalue weighted by Gasteiger charge is 2.44. The highest BCUT2D eigenvalue weighted by molar-refractivity contribution is 8.03. The van der Waals surface area contributed by atoms with Gasteiger partial charge in [0.25, 0.3) is 0 Å². The van der Waals surface area contributed by atoms with Gasteiger partial charge in [0.2, 0.25) is 0 Å². The van der Waals surface area contributed by atoms with Gasteiger partial charge in [0.15, 0.2) is 0 Å². The fourth-order valence-corrected chi connectivity index (χ4v) is 31.2. The van der Waals surface area contributed by atoms with Crippen LogP contribution in [0.5, 0.6) is 0 Å². The summed E-state index contributed by atoms with van der Waals surface area (Å²) in [4.78, 5) is 0. The van der Waals surface area contributed by atoms with Crippen LogP contribution in [0.1, 0.15) is 0 Å². The Bertz CT molecular complexity index is 1790. The fraction of sp³-hybridized carbons (Fsp3) is 0.778. The maximum atomic E-state index is 7.06. The van der Waals surface area contributed by atoms with Crippen molar-refractivity contribution in [2.75, 3.05) is 217 Å². The molecular formula is C54H90N3O12P3S12. The van der Waals surface area contributed by atoms with E-state index in [1.165, 1.54) is 33.4 Å². The van der Waals surface area contributed by atoms with Gasteiger partial charge < -0.3 is 55.6 Å². The lowest BCUT2D eigenvalue weighted by Crippen LogP contribution is -2.25. The molecule has 0 spiro atoms. The molecule has 0 saturated carbocycles. The molecule has 15 nitrogen and oxygen atoms in total. The Hall–Kier alpha value is 2.85. The van der Waals surface area contributed by atoms with Crippen molar-refractivity contribution >= 4 is 164 Å². The molecule has 0 atom stereocenters. The molecule has 7 aliphatic heterocycles. The van der Waals surface area contributed by atoms with E-state index in [2.05, 4.69) is 39.5 Å². The minimum atomic E-state index is -3.86. The number of rotatable bonds is 30. The molecule has 0 aromatic rings. The zero-order valence-corrected chi connectivity index (χ0v) is 61.1. The maximum Gasteiger partial charge on any atom is 0.349 e. The van der Waals surface area contributed by atoms with Crippen LogP contribution in [0.2, 0.25) is 0 Å². The van der Waals surface area contributed by atoms with Gasteiger partial charge in [-0.1, -0.05) is 72.9 Å². The summed E-state index contributed by atoms with van der Waals surface area (Å²) in [5.41, 5.74) is 7.47. The molecule has 6 fully saturated rings. The molecule has 0 aliphatic carbocycles. The van der Waals surface area contributed by atoms with E-state index in [0.717, 1.165) is 138 Å². The number of hydrogen-bond acceptors (Lipinski definition) is 27. The van der Waals surface area contributed by atoms with Crippen LogP contribution in [0, 0.1) is 0 Å². The van der Waals surface area contributed by atoms with Gasteiger partial charge >= 0.3 is 23.0 Å². The van der Waals surface area contributed by atoms with Crippen LogP contribution < -0.4 is 0 Å². The quantitative estimate of drug-likeness (QED) is 0.0381. The van der Waals surface area contributed by atoms with Crippen molar-refractivity contribution in [3.05, 3.63) is 72.9 Å². The van der Waals surface area contributed by atoms with E-state index in [1.54, 1.807) is 0 Å². The standard InChI is InChI=1S/C54H90N3O12P3S12/c1-43-19-73-31-49(32-74-20-43)58-7-13-64-70(65-14-8-59-50-33-75-21-44(2)22-76-34-50)55-71(66-15-9-60-51-35-77-23-45(3)24-78-36-51,67-16-10-61-52-37-79-25-46(4)26-80-38-52)57-72(56-70,68-17-11-62-53-39-81-27-47(5)28-82-40-53)69-18-12-63-54-41-83-29-48(6)30-84-42-54/h49-54H,1-42H2. The summed E-state index contributed by atoms with van der Waals surface area (Å²) in [6.45, 7) is 27.7. The topological polar surface area (TPSA) is 148 Å². The summed E-state index contributed by atoms with van der Waals surface area (Å²) < 4.78 is 98.2. The summed E-state index contributed by atoms with van der Waals surface area (Å²) in [6.07, 6.45) is 0.125. The molecule has 0 bridgehead atoms. The van der Waals surface area contributed by atoms with Gasteiger partial charge in [0, 0.05) is 138 Å². The lowest BCUT2D eigenvalue weighted by atomic mass is 10.4. The Labute approximate surface area is 554 Å². The van der Waals surface area contributed by atoms with Gasteiger partial charge in [-0.15, -0.1) is 13.5 Å². The third-order valence-corrected chi connectivity index (χ3v) is 35.4. The molecule has 7 rings (SSSR count). The first-order valence-electron chi connectivity index (χ1n) is 28.4. The van der Waals surface area contributed by atoms with Gasteiger partial charge in [0.05, 0.1) is 116 Å². The van der Waals surface area contributed by atoms with E-state index in [0.29, 0.717) is 0 Å². The SMILES string of the molecule is C=C1CSCC(OCCOP2(OCCOC3CSCC(=C)CSC3)=NP(OCCOC3CSCC(=C)CSC3)(OCCOC3CSCC(=C)CSC3)=NP(OCCOC3CSCC(=C)CSC3)(OCCOC3CSCC(=C)CSC3)=N2)CSC1. The predicted octanol–water partition coefficient (Wildman–Crippen LogP) is 14.5. The van der Waals surface area contributed by atoms with Crippen LogP contribution in [-0.4, -0.2) is 254 Å². The summed E-state index contributed by atoms with van der Waals surface area (Å²) >= 11 is 22.2. The van der Waals surface area contributed by atoms with Crippen molar-refractivity contribution in [2.24, 2.45) is 13.5 Å². The van der Waals surface area contributed by atoms with Crippen LogP contribution in [0.3, 0.4) is 0 Å². The minimum absolute atomic E-state index is 0.0209. The molecule has 30 heteroatoms. The lowest BCUT2D eigenvalue weighted by molar-refractivity contribution is 0.0420. The van der Waals surface area contributed by atoms with E-state index >= 15 is 0 Å². The van der Waals surface area contributed by atoms with Crippen LogP contribution in [0.15, 0.2) is 86.5 Å². The van der Waals surface area contributed by atoms with Crippen molar-refractivity contribution in [2.45, 2.75) is 36.6 Å². The molecule has 0 amide bonds. The largest absolute Gasteiger partial charge is 0.374 e. The predicted molar refractivity (Wildman–Crippen MR) is 385 cm³/mol. The van der Waals surface area contributed by atoms with Gasteiger partial charge in [-0.3, -0.25) is 0 Å². The van der Waals surface area contributed by atoms with E-state index < -0.39 is 23.0 Å². The van der Waals surface area contributed by atoms with Gasteiger partial charge in [-0.2, -0.15) is 141 Å². The van der Waals surface area contributed by atoms with Crippen LogP contribution in [0.4, 0.5) is 0 Å². The van der Waals surface area contributed by atoms with Crippen molar-refractivity contribution in [3.8, 4) is 0 Å². The number of thioether (sulfide) groups is 12. The molecule has 0 unspecified atom stereocenters. The first kappa shape index (κ1) is 74.2. The Morgan fingerprint density at radius 2 is 0.369 bits per heavy atom. The molecule has 0 radical (unpaired) electrons. The van der Waals surface area contributed by atoms with Crippen LogP contribution in [0.25, 0.3) is 0 Å². The maximum absolute atomic E-state index is 7.06. The number of nitrogens with zero attached hydrogens (tertiary/aromatic N) is 3. The van der Waals surface area contributed by atoms with E-state index in [9.17, 15) is 0 Å². The second-order valence-corrected chi connectivity index (χ2v) is 39.4. The molecular weight excluding hydrogens is 1360 g/mol. The highest BCUT2D eigenvalue weighted by Crippen LogP contribution is 2.80. The normalized spacial score (nSPS) is 24.3. The molecule has 480 valence electrons. The second kappa shape index (κ2) is 43.0. The number of hydrogen-bond donors (Lipinski definition) is 0. The Morgan fingerprint density at radius 3 is 0.500 bits per heavy atom. The zero-order valence-electron chi connectivity index (χ0n) is 48.6. The van der Waals surface area contributed by atoms with Gasteiger partial charge in [-0.05, 0) is 0 Å². The van der Waals surface area contributed by atoms with E-state index in [-0.39, 0.29) is 116 Å². The highest BCUT2D eigenvalue weighted by atomic mass is 32.2. The third-order valence-electron chi connectivity index (χ3n) is 12.2. The van der Waals surface area contributed by atoms with Crippen molar-refractivity contribution < 1.29 is 55.6 Å². The summed E-state index contributed by atoms with van der Waals surface area (Å²) in [7, 11) is -11.6. The molecule has 0 N–H and O–H groups in total. The van der Waals surface area contributed by atoms with Crippen LogP contribution >= 0.6 is 164 Å². The first-order chi connectivity index (χ1) is 41.0. The van der Waals surface area contributed by atoms with Crippen LogP contribution in [-0.2, 0) is 55.6 Å². The molecule has 84 heavy (non-hydrogen) atoms. The Morgan fingerprint density at radius 1 is 0.238 bits per heavy atom. The monoisotopic (exact) mass is 1450 g/mol. The zero-order chi connectivity index (χ0) is 59.0. The van der Waals surface area contributed by atoms with E-state index in [1.807, 2.05) is 141 Å². The van der Waals surface area contributed by atoms with Crippen molar-refractivity contribution in [1.29, 1.82) is 0 Å². The Kier molecular flexibility index (Phi) is 38.0. The lowest BCUT2D eigenvalue weighted by Gasteiger charge is -2.34. The van der Waals surface area contributed by atoms with Crippen molar-refractivity contribution in [3.63, 3.8) is 0 Å². The number of ether oxygens (including phenoxy) is 6. The summed E-state index contributed by atoms with van der Waals surface area (Å²) in [5, 5.41) is 0. The van der Waals surface area contributed by atoms with E-state index in [4.69, 9.17) is 69.1 Å². The van der Waals surface area contributed by atoms with Crippen molar-refractivity contribution in [1.82, 2.24) is 0 Å². The average Bonchev–Trinajstić information content (AvgIpc) is 1.77. The Balaban J connectivity index is 1.23. The third kappa shape index (κ3) is 30.1. The first-order valence-corrected chi connectivity index (χ1v) is 46.8.